The predicted octanol–water partition coefficient (Wildman–Crippen LogP) is 0.774. The van der Waals surface area contributed by atoms with Gasteiger partial charge in [-0.25, -0.2) is 12.8 Å². The smallest absolute Gasteiger partial charge is 0.242 e. The van der Waals surface area contributed by atoms with Crippen LogP contribution in [0.3, 0.4) is 0 Å². The quantitative estimate of drug-likeness (QED) is 0.598. The largest absolute Gasteiger partial charge is 0.355 e. The Morgan fingerprint density at radius 2 is 2.00 bits per heavy atom. The van der Waals surface area contributed by atoms with Crippen LogP contribution in [0.15, 0.2) is 34.2 Å². The molecule has 22 heavy (non-hydrogen) atoms. The molecular formula is C14H21FN4O2S. The Labute approximate surface area is 130 Å². The molecule has 0 unspecified atom stereocenters. The first-order valence-corrected chi connectivity index (χ1v) is 8.56. The number of rotatable bonds is 6. The molecule has 0 amide bonds. The summed E-state index contributed by atoms with van der Waals surface area (Å²) in [4.78, 5) is 4.16. The van der Waals surface area contributed by atoms with Gasteiger partial charge in [-0.1, -0.05) is 0 Å². The molecule has 1 aromatic rings. The molecule has 0 spiro atoms. The molecule has 0 aliphatic heterocycles. The molecule has 1 aliphatic carbocycles. The summed E-state index contributed by atoms with van der Waals surface area (Å²) >= 11 is 0. The first-order valence-electron chi connectivity index (χ1n) is 7.12. The second kappa shape index (κ2) is 7.06. The highest BCUT2D eigenvalue weighted by atomic mass is 32.2. The van der Waals surface area contributed by atoms with Gasteiger partial charge in [-0.05, 0) is 37.1 Å². The molecule has 6 nitrogen and oxygen atoms in total. The van der Waals surface area contributed by atoms with Crippen molar-refractivity contribution in [3.63, 3.8) is 0 Å². The van der Waals surface area contributed by atoms with E-state index in [4.69, 9.17) is 0 Å². The summed E-state index contributed by atoms with van der Waals surface area (Å²) in [5, 5.41) is 6.30. The number of nitrogens with zero attached hydrogens (tertiary/aromatic N) is 2. The average Bonchev–Trinajstić information content (AvgIpc) is 3.30. The molecule has 0 aromatic heterocycles. The molecule has 0 radical (unpaired) electrons. The van der Waals surface area contributed by atoms with Gasteiger partial charge in [0.15, 0.2) is 5.96 Å². The van der Waals surface area contributed by atoms with E-state index in [9.17, 15) is 12.8 Å². The van der Waals surface area contributed by atoms with Gasteiger partial charge in [-0.15, -0.1) is 0 Å². The zero-order chi connectivity index (χ0) is 16.2. The van der Waals surface area contributed by atoms with Crippen molar-refractivity contribution in [2.75, 3.05) is 27.2 Å². The second-order valence-electron chi connectivity index (χ2n) is 5.20. The van der Waals surface area contributed by atoms with Crippen LogP contribution in [0, 0.1) is 5.82 Å². The van der Waals surface area contributed by atoms with Gasteiger partial charge < -0.3 is 10.6 Å². The van der Waals surface area contributed by atoms with Crippen LogP contribution < -0.4 is 10.6 Å². The van der Waals surface area contributed by atoms with Gasteiger partial charge in [0.1, 0.15) is 5.82 Å². The van der Waals surface area contributed by atoms with Crippen LogP contribution >= 0.6 is 0 Å². The first kappa shape index (κ1) is 16.7. The Morgan fingerprint density at radius 3 is 2.55 bits per heavy atom. The molecule has 8 heteroatoms. The number of halogens is 1. The average molecular weight is 328 g/mol. The Bertz CT molecular complexity index is 627. The van der Waals surface area contributed by atoms with Crippen LogP contribution in [-0.2, 0) is 10.0 Å². The van der Waals surface area contributed by atoms with Crippen LogP contribution in [0.5, 0.6) is 0 Å². The van der Waals surface area contributed by atoms with Gasteiger partial charge in [0.05, 0.1) is 4.90 Å². The van der Waals surface area contributed by atoms with Gasteiger partial charge >= 0.3 is 0 Å². The van der Waals surface area contributed by atoms with E-state index in [1.54, 1.807) is 7.05 Å². The van der Waals surface area contributed by atoms with Crippen molar-refractivity contribution in [1.29, 1.82) is 0 Å². The van der Waals surface area contributed by atoms with Crippen molar-refractivity contribution in [2.45, 2.75) is 23.8 Å². The van der Waals surface area contributed by atoms with E-state index in [-0.39, 0.29) is 11.4 Å². The monoisotopic (exact) mass is 328 g/mol. The minimum Gasteiger partial charge on any atom is -0.355 e. The highest BCUT2D eigenvalue weighted by Gasteiger charge is 2.23. The lowest BCUT2D eigenvalue weighted by Gasteiger charge is -2.18. The molecule has 2 rings (SSSR count). The summed E-state index contributed by atoms with van der Waals surface area (Å²) in [5.74, 6) is 0.216. The number of aliphatic imine (C=N–C) groups is 1. The maximum Gasteiger partial charge on any atom is 0.242 e. The third-order valence-electron chi connectivity index (χ3n) is 3.38. The lowest BCUT2D eigenvalue weighted by atomic mass is 10.4. The molecular weight excluding hydrogens is 307 g/mol. The van der Waals surface area contributed by atoms with Gasteiger partial charge in [0, 0.05) is 33.2 Å². The zero-order valence-corrected chi connectivity index (χ0v) is 13.5. The maximum atomic E-state index is 12.9. The van der Waals surface area contributed by atoms with E-state index >= 15 is 0 Å². The van der Waals surface area contributed by atoms with Gasteiger partial charge in [0.25, 0.3) is 0 Å². The Hall–Kier alpha value is -1.67. The fraction of sp³-hybridized carbons (Fsp3) is 0.500. The maximum absolute atomic E-state index is 12.9. The summed E-state index contributed by atoms with van der Waals surface area (Å²) in [6.45, 7) is 0.717. The molecule has 1 saturated carbocycles. The first-order chi connectivity index (χ1) is 10.4. The molecule has 1 aliphatic rings. The number of likely N-dealkylation sites (N-methyl/N-ethyl adjacent to an activating group) is 1. The number of benzene rings is 1. The van der Waals surface area contributed by atoms with E-state index in [0.717, 1.165) is 25.0 Å². The molecule has 0 heterocycles. The standard InChI is InChI=1S/C14H21FN4O2S/c1-16-14(18-12-5-6-12)17-9-10-19(2)22(20,21)13-7-3-11(15)4-8-13/h3-4,7-8,12H,5-6,9-10H2,1-2H3,(H2,16,17,18). The second-order valence-corrected chi connectivity index (χ2v) is 7.24. The SMILES string of the molecule is CN=C(NCCN(C)S(=O)(=O)c1ccc(F)cc1)NC1CC1. The third kappa shape index (κ3) is 4.41. The topological polar surface area (TPSA) is 73.8 Å². The van der Waals surface area contributed by atoms with Crippen molar-refractivity contribution in [2.24, 2.45) is 4.99 Å². The lowest BCUT2D eigenvalue weighted by molar-refractivity contribution is 0.469. The minimum absolute atomic E-state index is 0.0805. The number of hydrogen-bond acceptors (Lipinski definition) is 3. The fourth-order valence-electron chi connectivity index (χ4n) is 1.85. The van der Waals surface area contributed by atoms with E-state index in [1.807, 2.05) is 0 Å². The Balaban J connectivity index is 1.87. The molecule has 0 saturated heterocycles. The van der Waals surface area contributed by atoms with Crippen molar-refractivity contribution < 1.29 is 12.8 Å². The normalized spacial score (nSPS) is 15.9. The summed E-state index contributed by atoms with van der Waals surface area (Å²) in [5.41, 5.74) is 0. The molecule has 2 N–H and O–H groups in total. The number of guanidine groups is 1. The molecule has 0 atom stereocenters. The minimum atomic E-state index is -3.60. The van der Waals surface area contributed by atoms with Crippen LogP contribution in [0.4, 0.5) is 4.39 Å². The third-order valence-corrected chi connectivity index (χ3v) is 5.25. The van der Waals surface area contributed by atoms with Crippen LogP contribution in [0.2, 0.25) is 0 Å². The molecule has 1 fully saturated rings. The van der Waals surface area contributed by atoms with E-state index in [2.05, 4.69) is 15.6 Å². The van der Waals surface area contributed by atoms with E-state index in [0.29, 0.717) is 18.5 Å². The van der Waals surface area contributed by atoms with Crippen molar-refractivity contribution in [3.05, 3.63) is 30.1 Å². The number of hydrogen-bond donors (Lipinski definition) is 2. The summed E-state index contributed by atoms with van der Waals surface area (Å²) in [6, 6.07) is 5.29. The molecule has 122 valence electrons. The van der Waals surface area contributed by atoms with Gasteiger partial charge in [-0.3, -0.25) is 4.99 Å². The van der Waals surface area contributed by atoms with Crippen molar-refractivity contribution in [1.82, 2.24) is 14.9 Å². The summed E-state index contributed by atoms with van der Waals surface area (Å²) in [6.07, 6.45) is 2.28. The van der Waals surface area contributed by atoms with Crippen LogP contribution in [0.25, 0.3) is 0 Å². The number of nitrogens with one attached hydrogen (secondary N) is 2. The Kier molecular flexibility index (Phi) is 5.36. The Morgan fingerprint density at radius 1 is 1.36 bits per heavy atom. The number of sulfonamides is 1. The van der Waals surface area contributed by atoms with E-state index < -0.39 is 15.8 Å². The summed E-state index contributed by atoms with van der Waals surface area (Å²) in [7, 11) is -0.430. The van der Waals surface area contributed by atoms with Crippen LogP contribution in [-0.4, -0.2) is 51.9 Å². The highest BCUT2D eigenvalue weighted by molar-refractivity contribution is 7.89. The van der Waals surface area contributed by atoms with Crippen molar-refractivity contribution >= 4 is 16.0 Å². The molecule has 0 bridgehead atoms. The molecule has 1 aromatic carbocycles. The van der Waals surface area contributed by atoms with Crippen molar-refractivity contribution in [3.8, 4) is 0 Å². The predicted molar refractivity (Wildman–Crippen MR) is 83.7 cm³/mol. The lowest BCUT2D eigenvalue weighted by Crippen LogP contribution is -2.42. The fourth-order valence-corrected chi connectivity index (χ4v) is 3.03. The van der Waals surface area contributed by atoms with Crippen LogP contribution in [0.1, 0.15) is 12.8 Å². The van der Waals surface area contributed by atoms with E-state index in [1.165, 1.54) is 23.5 Å². The zero-order valence-electron chi connectivity index (χ0n) is 12.7. The summed E-state index contributed by atoms with van der Waals surface area (Å²) < 4.78 is 38.7. The van der Waals surface area contributed by atoms with Gasteiger partial charge in [0.2, 0.25) is 10.0 Å². The van der Waals surface area contributed by atoms with Gasteiger partial charge in [-0.2, -0.15) is 4.31 Å². The highest BCUT2D eigenvalue weighted by Crippen LogP contribution is 2.18.